The van der Waals surface area contributed by atoms with Gasteiger partial charge in [-0.05, 0) is 55.4 Å². The molecule has 1 saturated carbocycles. The molecule has 2 rings (SSSR count). The molecule has 0 atom stereocenters. The van der Waals surface area contributed by atoms with Gasteiger partial charge in [-0.15, -0.1) is 0 Å². The molecule has 1 aromatic carbocycles. The maximum atomic E-state index is 10.3. The van der Waals surface area contributed by atoms with Crippen LogP contribution in [0, 0.1) is 0 Å². The van der Waals surface area contributed by atoms with Crippen molar-refractivity contribution in [3.8, 4) is 5.75 Å². The highest BCUT2D eigenvalue weighted by molar-refractivity contribution is 6.30. The minimum absolute atomic E-state index is 0.216. The zero-order valence-electron chi connectivity index (χ0n) is 11.3. The number of halogens is 1. The fourth-order valence-electron chi connectivity index (χ4n) is 2.06. The van der Waals surface area contributed by atoms with Gasteiger partial charge in [-0.2, -0.15) is 0 Å². The van der Waals surface area contributed by atoms with Crippen molar-refractivity contribution >= 4 is 17.6 Å². The van der Waals surface area contributed by atoms with E-state index in [2.05, 4.69) is 0 Å². The molecule has 0 radical (unpaired) electrons. The highest BCUT2D eigenvalue weighted by Crippen LogP contribution is 2.45. The minimum atomic E-state index is -0.745. The predicted molar refractivity (Wildman–Crippen MR) is 79.5 cm³/mol. The standard InChI is InChI=1S/C16H19ClO3/c17-13-8-9-15(14(11-13)12-6-7-12)20-10-4-2-1-3-5-16(18)19/h2,4,8-9,11-12H,1,3,5-7,10H2,(H,18,19). The van der Waals surface area contributed by atoms with Crippen LogP contribution >= 0.6 is 11.6 Å². The summed E-state index contributed by atoms with van der Waals surface area (Å²) in [6, 6.07) is 5.76. The molecular formula is C16H19ClO3. The number of rotatable bonds is 8. The van der Waals surface area contributed by atoms with Gasteiger partial charge in [0, 0.05) is 11.4 Å². The number of hydrogen-bond donors (Lipinski definition) is 1. The van der Waals surface area contributed by atoms with E-state index in [0.29, 0.717) is 18.9 Å². The van der Waals surface area contributed by atoms with Gasteiger partial charge in [0.05, 0.1) is 0 Å². The van der Waals surface area contributed by atoms with Crippen LogP contribution in [0.3, 0.4) is 0 Å². The number of aliphatic carboxylic acids is 1. The number of carbonyl (C=O) groups is 1. The molecule has 0 spiro atoms. The summed E-state index contributed by atoms with van der Waals surface area (Å²) in [5.41, 5.74) is 1.21. The molecule has 0 unspecified atom stereocenters. The summed E-state index contributed by atoms with van der Waals surface area (Å²) in [7, 11) is 0. The molecule has 20 heavy (non-hydrogen) atoms. The Labute approximate surface area is 124 Å². The lowest BCUT2D eigenvalue weighted by Crippen LogP contribution is -1.97. The van der Waals surface area contributed by atoms with Gasteiger partial charge in [-0.3, -0.25) is 4.79 Å². The third kappa shape index (κ3) is 4.89. The summed E-state index contributed by atoms with van der Waals surface area (Å²) in [6.07, 6.45) is 7.98. The maximum absolute atomic E-state index is 10.3. The van der Waals surface area contributed by atoms with Crippen LogP contribution in [-0.4, -0.2) is 17.7 Å². The van der Waals surface area contributed by atoms with Gasteiger partial charge >= 0.3 is 5.97 Å². The lowest BCUT2D eigenvalue weighted by atomic mass is 10.1. The molecule has 0 amide bonds. The van der Waals surface area contributed by atoms with Gasteiger partial charge in [0.25, 0.3) is 0 Å². The van der Waals surface area contributed by atoms with Crippen molar-refractivity contribution in [1.29, 1.82) is 0 Å². The Kier molecular flexibility index (Phi) is 5.48. The molecule has 0 heterocycles. The number of unbranched alkanes of at least 4 members (excludes halogenated alkanes) is 1. The van der Waals surface area contributed by atoms with E-state index in [4.69, 9.17) is 21.4 Å². The summed E-state index contributed by atoms with van der Waals surface area (Å²) >= 11 is 6.02. The average molecular weight is 295 g/mol. The molecule has 1 aromatic rings. The Morgan fingerprint density at radius 2 is 2.20 bits per heavy atom. The van der Waals surface area contributed by atoms with Gasteiger partial charge in [-0.25, -0.2) is 0 Å². The highest BCUT2D eigenvalue weighted by atomic mass is 35.5. The van der Waals surface area contributed by atoms with Crippen LogP contribution in [0.4, 0.5) is 0 Å². The fourth-order valence-corrected chi connectivity index (χ4v) is 2.24. The van der Waals surface area contributed by atoms with Crippen LogP contribution in [0.2, 0.25) is 5.02 Å². The summed E-state index contributed by atoms with van der Waals surface area (Å²) < 4.78 is 5.76. The van der Waals surface area contributed by atoms with Crippen molar-refractivity contribution in [1.82, 2.24) is 0 Å². The van der Waals surface area contributed by atoms with Crippen molar-refractivity contribution in [3.05, 3.63) is 40.9 Å². The number of allylic oxidation sites excluding steroid dienone is 1. The van der Waals surface area contributed by atoms with Crippen LogP contribution < -0.4 is 4.74 Å². The van der Waals surface area contributed by atoms with E-state index in [1.165, 1.54) is 18.4 Å². The van der Waals surface area contributed by atoms with Gasteiger partial charge in [0.1, 0.15) is 12.4 Å². The lowest BCUT2D eigenvalue weighted by molar-refractivity contribution is -0.137. The summed E-state index contributed by atoms with van der Waals surface area (Å²) in [5.74, 6) is 0.764. The first-order valence-corrected chi connectivity index (χ1v) is 7.33. The zero-order valence-corrected chi connectivity index (χ0v) is 12.1. The van der Waals surface area contributed by atoms with Gasteiger partial charge in [0.2, 0.25) is 0 Å². The molecule has 3 nitrogen and oxygen atoms in total. The van der Waals surface area contributed by atoms with Crippen molar-refractivity contribution in [2.45, 2.75) is 38.0 Å². The monoisotopic (exact) mass is 294 g/mol. The van der Waals surface area contributed by atoms with Crippen LogP contribution in [-0.2, 0) is 4.79 Å². The van der Waals surface area contributed by atoms with Gasteiger partial charge in [0.15, 0.2) is 0 Å². The first-order valence-electron chi connectivity index (χ1n) is 6.96. The molecule has 0 saturated heterocycles. The average Bonchev–Trinajstić information content (AvgIpc) is 3.23. The van der Waals surface area contributed by atoms with Crippen LogP contribution in [0.25, 0.3) is 0 Å². The molecular weight excluding hydrogens is 276 g/mol. The molecule has 1 aliphatic rings. The van der Waals surface area contributed by atoms with Crippen LogP contribution in [0.15, 0.2) is 30.4 Å². The van der Waals surface area contributed by atoms with Crippen molar-refractivity contribution in [2.75, 3.05) is 6.61 Å². The minimum Gasteiger partial charge on any atom is -0.489 e. The summed E-state index contributed by atoms with van der Waals surface area (Å²) in [6.45, 7) is 0.508. The van der Waals surface area contributed by atoms with Gasteiger partial charge < -0.3 is 9.84 Å². The normalized spacial score (nSPS) is 14.7. The third-order valence-corrected chi connectivity index (χ3v) is 3.49. The van der Waals surface area contributed by atoms with E-state index in [0.717, 1.165) is 17.2 Å². The first-order chi connectivity index (χ1) is 9.66. The molecule has 1 N–H and O–H groups in total. The topological polar surface area (TPSA) is 46.5 Å². The number of hydrogen-bond acceptors (Lipinski definition) is 2. The Morgan fingerprint density at radius 3 is 2.90 bits per heavy atom. The van der Waals surface area contributed by atoms with Crippen molar-refractivity contribution in [2.24, 2.45) is 0 Å². The third-order valence-electron chi connectivity index (χ3n) is 3.25. The predicted octanol–water partition coefficient (Wildman–Crippen LogP) is 4.41. The number of carboxylic acids is 1. The fraction of sp³-hybridized carbons (Fsp3) is 0.438. The Balaban J connectivity index is 1.76. The van der Waals surface area contributed by atoms with Gasteiger partial charge in [-0.1, -0.05) is 23.8 Å². The van der Waals surface area contributed by atoms with E-state index in [1.54, 1.807) is 0 Å². The lowest BCUT2D eigenvalue weighted by Gasteiger charge is -2.09. The van der Waals surface area contributed by atoms with E-state index in [9.17, 15) is 4.79 Å². The molecule has 0 bridgehead atoms. The van der Waals surface area contributed by atoms with E-state index in [1.807, 2.05) is 30.4 Å². The van der Waals surface area contributed by atoms with E-state index < -0.39 is 5.97 Å². The SMILES string of the molecule is O=C(O)CCCC=CCOc1ccc(Cl)cc1C1CC1. The molecule has 4 heteroatoms. The zero-order chi connectivity index (χ0) is 14.4. The van der Waals surface area contributed by atoms with Crippen molar-refractivity contribution in [3.63, 3.8) is 0 Å². The number of benzene rings is 1. The Bertz CT molecular complexity index is 492. The second kappa shape index (κ2) is 7.34. The first kappa shape index (κ1) is 14.9. The molecule has 108 valence electrons. The van der Waals surface area contributed by atoms with Crippen LogP contribution in [0.1, 0.15) is 43.6 Å². The smallest absolute Gasteiger partial charge is 0.303 e. The highest BCUT2D eigenvalue weighted by Gasteiger charge is 2.26. The largest absolute Gasteiger partial charge is 0.489 e. The second-order valence-corrected chi connectivity index (χ2v) is 5.46. The van der Waals surface area contributed by atoms with Crippen molar-refractivity contribution < 1.29 is 14.6 Å². The molecule has 1 fully saturated rings. The maximum Gasteiger partial charge on any atom is 0.303 e. The molecule has 0 aliphatic heterocycles. The number of ether oxygens (including phenoxy) is 1. The van der Waals surface area contributed by atoms with E-state index in [-0.39, 0.29) is 6.42 Å². The molecule has 0 aromatic heterocycles. The Hall–Kier alpha value is -1.48. The summed E-state index contributed by atoms with van der Waals surface area (Å²) in [4.78, 5) is 10.3. The molecule has 1 aliphatic carbocycles. The second-order valence-electron chi connectivity index (χ2n) is 5.02. The Morgan fingerprint density at radius 1 is 1.40 bits per heavy atom. The van der Waals surface area contributed by atoms with E-state index >= 15 is 0 Å². The number of carboxylic acid groups (broad SMARTS) is 1. The van der Waals surface area contributed by atoms with Crippen LogP contribution in [0.5, 0.6) is 5.75 Å². The quantitative estimate of drug-likeness (QED) is 0.571. The summed E-state index contributed by atoms with van der Waals surface area (Å²) in [5, 5.41) is 9.27.